The van der Waals surface area contributed by atoms with E-state index in [-0.39, 0.29) is 12.1 Å². The third kappa shape index (κ3) is 2.41. The Morgan fingerprint density at radius 3 is 2.76 bits per heavy atom. The van der Waals surface area contributed by atoms with Crippen LogP contribution >= 0.6 is 22.6 Å². The number of ether oxygens (including phenoxy) is 1. The first-order chi connectivity index (χ1) is 7.79. The fraction of sp³-hybridized carbons (Fsp3) is 0.636. The number of aromatic nitrogens is 2. The molecule has 5 nitrogen and oxygen atoms in total. The molecule has 0 saturated carbocycles. The summed E-state index contributed by atoms with van der Waals surface area (Å²) < 4.78 is 6.31. The largest absolute Gasteiger partial charge is 0.444 e. The van der Waals surface area contributed by atoms with Crippen LogP contribution < -0.4 is 0 Å². The molecular weight excluding hydrogens is 333 g/mol. The third-order valence-electron chi connectivity index (χ3n) is 2.69. The first kappa shape index (κ1) is 12.7. The maximum Gasteiger partial charge on any atom is 0.411 e. The van der Waals surface area contributed by atoms with Crippen LogP contribution in [0.25, 0.3) is 0 Å². The maximum absolute atomic E-state index is 12.0. The number of fused-ring (bicyclic) bond motifs is 1. The molecular formula is C11H16IN3O2. The van der Waals surface area contributed by atoms with Crippen LogP contribution in [0.3, 0.4) is 0 Å². The van der Waals surface area contributed by atoms with Gasteiger partial charge in [0.2, 0.25) is 0 Å². The number of hydrogen-bond donors (Lipinski definition) is 1. The summed E-state index contributed by atoms with van der Waals surface area (Å²) in [6, 6.07) is -0.00383. The van der Waals surface area contributed by atoms with Crippen molar-refractivity contribution in [2.45, 2.75) is 45.9 Å². The van der Waals surface area contributed by atoms with Crippen molar-refractivity contribution in [1.82, 2.24) is 15.1 Å². The first-order valence-corrected chi connectivity index (χ1v) is 6.59. The first-order valence-electron chi connectivity index (χ1n) is 5.52. The minimum atomic E-state index is -0.460. The minimum absolute atomic E-state index is 0.00383. The molecule has 0 radical (unpaired) electrons. The van der Waals surface area contributed by atoms with Gasteiger partial charge in [-0.3, -0.25) is 10.00 Å². The molecule has 6 heteroatoms. The van der Waals surface area contributed by atoms with Gasteiger partial charge < -0.3 is 4.74 Å². The van der Waals surface area contributed by atoms with Crippen molar-refractivity contribution in [2.24, 2.45) is 0 Å². The van der Waals surface area contributed by atoms with Gasteiger partial charge in [-0.25, -0.2) is 4.79 Å². The molecule has 0 bridgehead atoms. The fourth-order valence-corrected chi connectivity index (χ4v) is 2.44. The summed E-state index contributed by atoms with van der Waals surface area (Å²) in [6.45, 7) is 8.16. The Labute approximate surface area is 114 Å². The van der Waals surface area contributed by atoms with Crippen LogP contribution in [0.15, 0.2) is 0 Å². The van der Waals surface area contributed by atoms with Gasteiger partial charge in [-0.2, -0.15) is 5.10 Å². The summed E-state index contributed by atoms with van der Waals surface area (Å²) in [4.78, 5) is 13.7. The number of nitrogens with zero attached hydrogens (tertiary/aromatic N) is 2. The van der Waals surface area contributed by atoms with E-state index in [1.54, 1.807) is 4.90 Å². The lowest BCUT2D eigenvalue weighted by atomic mass is 10.2. The zero-order valence-corrected chi connectivity index (χ0v) is 12.5. The molecule has 0 spiro atoms. The second kappa shape index (κ2) is 4.15. The Hall–Kier alpha value is -0.790. The highest BCUT2D eigenvalue weighted by atomic mass is 127. The van der Waals surface area contributed by atoms with Gasteiger partial charge in [-0.15, -0.1) is 0 Å². The van der Waals surface area contributed by atoms with Gasteiger partial charge in [-0.1, -0.05) is 0 Å². The van der Waals surface area contributed by atoms with Crippen LogP contribution in [0.1, 0.15) is 45.0 Å². The predicted molar refractivity (Wildman–Crippen MR) is 71.5 cm³/mol. The molecule has 1 aromatic heterocycles. The van der Waals surface area contributed by atoms with E-state index in [1.807, 2.05) is 27.7 Å². The molecule has 17 heavy (non-hydrogen) atoms. The standard InChI is InChI=1S/C11H16IN3O2/c1-6-8-7(9(12)14-13-8)5-15(6)10(16)17-11(2,3)4/h6H,5H2,1-4H3,(H,13,14). The average molecular weight is 349 g/mol. The molecule has 94 valence electrons. The van der Waals surface area contributed by atoms with Crippen molar-refractivity contribution in [3.63, 3.8) is 0 Å². The average Bonchev–Trinajstić information content (AvgIpc) is 2.67. The number of aromatic amines is 1. The summed E-state index contributed by atoms with van der Waals surface area (Å²) in [6.07, 6.45) is -0.273. The third-order valence-corrected chi connectivity index (χ3v) is 3.58. The minimum Gasteiger partial charge on any atom is -0.444 e. The smallest absolute Gasteiger partial charge is 0.411 e. The predicted octanol–water partition coefficient (Wildman–Crippen LogP) is 2.83. The molecule has 0 aliphatic carbocycles. The van der Waals surface area contributed by atoms with E-state index < -0.39 is 5.60 Å². The number of halogens is 1. The zero-order valence-electron chi connectivity index (χ0n) is 10.4. The Kier molecular flexibility index (Phi) is 3.09. The van der Waals surface area contributed by atoms with Gasteiger partial charge >= 0.3 is 6.09 Å². The molecule has 1 N–H and O–H groups in total. The van der Waals surface area contributed by atoms with Crippen molar-refractivity contribution in [3.05, 3.63) is 15.0 Å². The van der Waals surface area contributed by atoms with E-state index in [2.05, 4.69) is 32.8 Å². The van der Waals surface area contributed by atoms with E-state index in [4.69, 9.17) is 4.74 Å². The summed E-state index contributed by atoms with van der Waals surface area (Å²) in [7, 11) is 0. The van der Waals surface area contributed by atoms with Crippen molar-refractivity contribution in [2.75, 3.05) is 0 Å². The van der Waals surface area contributed by atoms with Crippen LogP contribution in [0.2, 0.25) is 0 Å². The van der Waals surface area contributed by atoms with E-state index in [0.29, 0.717) is 6.54 Å². The van der Waals surface area contributed by atoms with Crippen molar-refractivity contribution in [1.29, 1.82) is 0 Å². The van der Waals surface area contributed by atoms with Crippen LogP contribution in [0.5, 0.6) is 0 Å². The zero-order chi connectivity index (χ0) is 12.8. The molecule has 1 unspecified atom stereocenters. The number of hydrogen-bond acceptors (Lipinski definition) is 3. The van der Waals surface area contributed by atoms with Gasteiger partial charge in [0, 0.05) is 5.56 Å². The van der Waals surface area contributed by atoms with Crippen LogP contribution in [0, 0.1) is 3.70 Å². The fourth-order valence-electron chi connectivity index (χ4n) is 1.86. The van der Waals surface area contributed by atoms with Gasteiger partial charge in [0.15, 0.2) is 0 Å². The molecule has 0 fully saturated rings. The lowest BCUT2D eigenvalue weighted by molar-refractivity contribution is 0.0184. The molecule has 2 heterocycles. The van der Waals surface area contributed by atoms with Crippen molar-refractivity contribution in [3.8, 4) is 0 Å². The van der Waals surface area contributed by atoms with Gasteiger partial charge in [0.1, 0.15) is 9.30 Å². The highest BCUT2D eigenvalue weighted by Gasteiger charge is 2.36. The topological polar surface area (TPSA) is 58.2 Å². The van der Waals surface area contributed by atoms with Crippen LogP contribution in [0.4, 0.5) is 4.79 Å². The molecule has 1 atom stereocenters. The number of nitrogens with one attached hydrogen (secondary N) is 1. The highest BCUT2D eigenvalue weighted by Crippen LogP contribution is 2.34. The van der Waals surface area contributed by atoms with Gasteiger partial charge in [0.05, 0.1) is 18.3 Å². The van der Waals surface area contributed by atoms with Gasteiger partial charge in [-0.05, 0) is 50.3 Å². The SMILES string of the molecule is CC1c2[nH]nc(I)c2CN1C(=O)OC(C)(C)C. The molecule has 0 aromatic carbocycles. The second-order valence-electron chi connectivity index (χ2n) is 5.19. The normalized spacial score (nSPS) is 19.4. The highest BCUT2D eigenvalue weighted by molar-refractivity contribution is 14.1. The van der Waals surface area contributed by atoms with E-state index in [1.165, 1.54) is 0 Å². The van der Waals surface area contributed by atoms with E-state index in [0.717, 1.165) is 15.0 Å². The van der Waals surface area contributed by atoms with Crippen molar-refractivity contribution < 1.29 is 9.53 Å². The van der Waals surface area contributed by atoms with Gasteiger partial charge in [0.25, 0.3) is 0 Å². The Morgan fingerprint density at radius 2 is 2.24 bits per heavy atom. The van der Waals surface area contributed by atoms with Crippen molar-refractivity contribution >= 4 is 28.7 Å². The molecule has 1 aliphatic heterocycles. The molecule has 1 aromatic rings. The number of rotatable bonds is 0. The summed E-state index contributed by atoms with van der Waals surface area (Å²) >= 11 is 2.17. The monoisotopic (exact) mass is 349 g/mol. The number of amides is 1. The molecule has 0 saturated heterocycles. The Bertz CT molecular complexity index is 450. The maximum atomic E-state index is 12.0. The molecule has 2 rings (SSSR count). The Balaban J connectivity index is 2.15. The lowest BCUT2D eigenvalue weighted by Crippen LogP contribution is -2.35. The number of H-pyrrole nitrogens is 1. The molecule has 1 aliphatic rings. The second-order valence-corrected chi connectivity index (χ2v) is 6.21. The molecule has 1 amide bonds. The van der Waals surface area contributed by atoms with E-state index >= 15 is 0 Å². The number of carbonyl (C=O) groups is 1. The summed E-state index contributed by atoms with van der Waals surface area (Å²) in [5, 5.41) is 7.12. The summed E-state index contributed by atoms with van der Waals surface area (Å²) in [5.41, 5.74) is 1.66. The Morgan fingerprint density at radius 1 is 1.59 bits per heavy atom. The van der Waals surface area contributed by atoms with E-state index in [9.17, 15) is 4.79 Å². The van der Waals surface area contributed by atoms with Crippen LogP contribution in [-0.2, 0) is 11.3 Å². The summed E-state index contributed by atoms with van der Waals surface area (Å²) in [5.74, 6) is 0. The van der Waals surface area contributed by atoms with Crippen LogP contribution in [-0.4, -0.2) is 26.8 Å². The number of carbonyl (C=O) groups excluding carboxylic acids is 1. The quantitative estimate of drug-likeness (QED) is 0.733. The lowest BCUT2D eigenvalue weighted by Gasteiger charge is -2.27.